The van der Waals surface area contributed by atoms with Crippen molar-refractivity contribution in [1.82, 2.24) is 0 Å². The van der Waals surface area contributed by atoms with Crippen molar-refractivity contribution in [3.8, 4) is 5.75 Å². The first-order valence-electron chi connectivity index (χ1n) is 5.81. The van der Waals surface area contributed by atoms with Crippen molar-refractivity contribution >= 4 is 5.69 Å². The predicted octanol–water partition coefficient (Wildman–Crippen LogP) is 3.48. The summed E-state index contributed by atoms with van der Waals surface area (Å²) in [6.07, 6.45) is 0. The summed E-state index contributed by atoms with van der Waals surface area (Å²) in [5.41, 5.74) is 2.79. The third-order valence-electron chi connectivity index (χ3n) is 2.89. The molecule has 0 radical (unpaired) electrons. The molecule has 0 aromatic heterocycles. The molecule has 0 heterocycles. The number of phenolic OH excluding ortho intramolecular Hbond substituents is 1. The largest absolute Gasteiger partial charge is 0.508 e. The minimum absolute atomic E-state index is 0.121. The maximum atomic E-state index is 13.1. The molecule has 0 unspecified atom stereocenters. The number of hydrogen-bond donors (Lipinski definition) is 1. The molecule has 0 aliphatic rings. The first-order chi connectivity index (χ1) is 8.56. The number of anilines is 1. The summed E-state index contributed by atoms with van der Waals surface area (Å²) in [6.45, 7) is 2.49. The summed E-state index contributed by atoms with van der Waals surface area (Å²) in [5, 5.41) is 9.69. The van der Waals surface area contributed by atoms with E-state index in [1.165, 1.54) is 23.8 Å². The Hall–Kier alpha value is -2.03. The normalized spacial score (nSPS) is 10.4. The number of hydrogen-bond acceptors (Lipinski definition) is 2. The van der Waals surface area contributed by atoms with Gasteiger partial charge in [0.1, 0.15) is 11.6 Å². The fraction of sp³-hybridized carbons (Fsp3) is 0.200. The minimum atomic E-state index is -0.333. The van der Waals surface area contributed by atoms with Crippen LogP contribution >= 0.6 is 0 Å². The highest BCUT2D eigenvalue weighted by atomic mass is 19.1. The van der Waals surface area contributed by atoms with Crippen molar-refractivity contribution in [3.63, 3.8) is 0 Å². The van der Waals surface area contributed by atoms with Crippen LogP contribution in [0.15, 0.2) is 42.5 Å². The van der Waals surface area contributed by atoms with Crippen LogP contribution in [0.3, 0.4) is 0 Å². The molecule has 3 heteroatoms. The molecule has 0 aliphatic carbocycles. The fourth-order valence-corrected chi connectivity index (χ4v) is 1.89. The number of aryl methyl sites for hydroxylation is 1. The Kier molecular flexibility index (Phi) is 3.51. The Labute approximate surface area is 106 Å². The van der Waals surface area contributed by atoms with Crippen molar-refractivity contribution in [2.24, 2.45) is 0 Å². The van der Waals surface area contributed by atoms with Crippen molar-refractivity contribution < 1.29 is 9.50 Å². The van der Waals surface area contributed by atoms with Gasteiger partial charge in [-0.05, 0) is 42.8 Å². The van der Waals surface area contributed by atoms with Gasteiger partial charge in [0, 0.05) is 24.8 Å². The molecule has 94 valence electrons. The number of benzene rings is 2. The lowest BCUT2D eigenvalue weighted by molar-refractivity contribution is 0.465. The average Bonchev–Trinajstić information content (AvgIpc) is 2.34. The van der Waals surface area contributed by atoms with Gasteiger partial charge in [-0.15, -0.1) is 0 Å². The van der Waals surface area contributed by atoms with Crippen LogP contribution in [-0.4, -0.2) is 12.2 Å². The third-order valence-corrected chi connectivity index (χ3v) is 2.89. The topological polar surface area (TPSA) is 23.5 Å². The second kappa shape index (κ2) is 5.08. The molecule has 2 aromatic carbocycles. The highest BCUT2D eigenvalue weighted by Crippen LogP contribution is 2.22. The molecule has 0 bridgehead atoms. The molecule has 0 spiro atoms. The van der Waals surface area contributed by atoms with Crippen molar-refractivity contribution in [2.75, 3.05) is 11.9 Å². The molecule has 0 fully saturated rings. The van der Waals surface area contributed by atoms with E-state index < -0.39 is 0 Å². The quantitative estimate of drug-likeness (QED) is 0.895. The summed E-state index contributed by atoms with van der Waals surface area (Å²) in [6, 6.07) is 12.0. The monoisotopic (exact) mass is 245 g/mol. The Balaban J connectivity index is 2.21. The summed E-state index contributed by atoms with van der Waals surface area (Å²) in [4.78, 5) is 1.97. The lowest BCUT2D eigenvalue weighted by Gasteiger charge is -2.20. The average molecular weight is 245 g/mol. The van der Waals surface area contributed by atoms with E-state index in [9.17, 15) is 9.50 Å². The summed E-state index contributed by atoms with van der Waals surface area (Å²) in [5.74, 6) is -0.212. The highest BCUT2D eigenvalue weighted by Gasteiger charge is 2.07. The second-order valence-electron chi connectivity index (χ2n) is 4.47. The van der Waals surface area contributed by atoms with Gasteiger partial charge in [0.2, 0.25) is 0 Å². The van der Waals surface area contributed by atoms with Gasteiger partial charge in [0.15, 0.2) is 0 Å². The maximum Gasteiger partial charge on any atom is 0.123 e. The van der Waals surface area contributed by atoms with Gasteiger partial charge < -0.3 is 10.0 Å². The SMILES string of the molecule is Cc1cccc(N(C)Cc2cc(F)ccc2O)c1. The number of rotatable bonds is 3. The summed E-state index contributed by atoms with van der Waals surface area (Å²) in [7, 11) is 1.92. The van der Waals surface area contributed by atoms with E-state index in [4.69, 9.17) is 0 Å². The number of nitrogens with zero attached hydrogens (tertiary/aromatic N) is 1. The van der Waals surface area contributed by atoms with Crippen LogP contribution < -0.4 is 4.90 Å². The van der Waals surface area contributed by atoms with Gasteiger partial charge in [-0.1, -0.05) is 12.1 Å². The van der Waals surface area contributed by atoms with Crippen LogP contribution in [0.4, 0.5) is 10.1 Å². The first-order valence-corrected chi connectivity index (χ1v) is 5.81. The fourth-order valence-electron chi connectivity index (χ4n) is 1.89. The molecule has 0 aliphatic heterocycles. The van der Waals surface area contributed by atoms with E-state index in [0.717, 1.165) is 5.69 Å². The molecule has 18 heavy (non-hydrogen) atoms. The zero-order valence-corrected chi connectivity index (χ0v) is 10.5. The van der Waals surface area contributed by atoms with Crippen molar-refractivity contribution in [1.29, 1.82) is 0 Å². The molecular formula is C15H16FNO. The summed E-state index contributed by atoms with van der Waals surface area (Å²) < 4.78 is 13.1. The van der Waals surface area contributed by atoms with Crippen LogP contribution in [0, 0.1) is 12.7 Å². The van der Waals surface area contributed by atoms with Crippen LogP contribution in [0.25, 0.3) is 0 Å². The Morgan fingerprint density at radius 2 is 1.94 bits per heavy atom. The molecule has 2 rings (SSSR count). The van der Waals surface area contributed by atoms with Crippen molar-refractivity contribution in [3.05, 3.63) is 59.4 Å². The lowest BCUT2D eigenvalue weighted by atomic mass is 10.1. The Bertz CT molecular complexity index is 554. The number of halogens is 1. The van der Waals surface area contributed by atoms with Gasteiger partial charge in [-0.2, -0.15) is 0 Å². The lowest BCUT2D eigenvalue weighted by Crippen LogP contribution is -2.16. The maximum absolute atomic E-state index is 13.1. The zero-order chi connectivity index (χ0) is 13.1. The molecule has 0 saturated carbocycles. The molecular weight excluding hydrogens is 229 g/mol. The van der Waals surface area contributed by atoms with E-state index >= 15 is 0 Å². The number of phenols is 1. The van der Waals surface area contributed by atoms with Gasteiger partial charge in [0.25, 0.3) is 0 Å². The standard InChI is InChI=1S/C15H16FNO/c1-11-4-3-5-14(8-11)17(2)10-12-9-13(16)6-7-15(12)18/h3-9,18H,10H2,1-2H3. The third kappa shape index (κ3) is 2.80. The van der Waals surface area contributed by atoms with E-state index in [1.54, 1.807) is 0 Å². The molecule has 2 aromatic rings. The van der Waals surface area contributed by atoms with Gasteiger partial charge in [-0.3, -0.25) is 0 Å². The Morgan fingerprint density at radius 3 is 2.67 bits per heavy atom. The molecule has 0 amide bonds. The smallest absolute Gasteiger partial charge is 0.123 e. The van der Waals surface area contributed by atoms with Crippen molar-refractivity contribution in [2.45, 2.75) is 13.5 Å². The second-order valence-corrected chi connectivity index (χ2v) is 4.47. The summed E-state index contributed by atoms with van der Waals surface area (Å²) >= 11 is 0. The van der Waals surface area contributed by atoms with E-state index in [1.807, 2.05) is 37.1 Å². The van der Waals surface area contributed by atoms with Gasteiger partial charge in [-0.25, -0.2) is 4.39 Å². The highest BCUT2D eigenvalue weighted by molar-refractivity contribution is 5.49. The van der Waals surface area contributed by atoms with Crippen LogP contribution in [-0.2, 0) is 6.54 Å². The van der Waals surface area contributed by atoms with E-state index in [0.29, 0.717) is 12.1 Å². The Morgan fingerprint density at radius 1 is 1.17 bits per heavy atom. The molecule has 0 saturated heterocycles. The minimum Gasteiger partial charge on any atom is -0.508 e. The van der Waals surface area contributed by atoms with Crippen LogP contribution in [0.1, 0.15) is 11.1 Å². The van der Waals surface area contributed by atoms with Gasteiger partial charge >= 0.3 is 0 Å². The molecule has 2 nitrogen and oxygen atoms in total. The first kappa shape index (κ1) is 12.4. The van der Waals surface area contributed by atoms with Crippen LogP contribution in [0.2, 0.25) is 0 Å². The van der Waals surface area contributed by atoms with E-state index in [2.05, 4.69) is 6.07 Å². The molecule has 0 atom stereocenters. The number of aromatic hydroxyl groups is 1. The van der Waals surface area contributed by atoms with E-state index in [-0.39, 0.29) is 11.6 Å². The predicted molar refractivity (Wildman–Crippen MR) is 71.4 cm³/mol. The van der Waals surface area contributed by atoms with Gasteiger partial charge in [0.05, 0.1) is 0 Å². The zero-order valence-electron chi connectivity index (χ0n) is 10.5. The molecule has 1 N–H and O–H groups in total. The van der Waals surface area contributed by atoms with Crippen LogP contribution in [0.5, 0.6) is 5.75 Å².